The molecular weight excluding hydrogens is 277 g/mol. The van der Waals surface area contributed by atoms with Crippen molar-refractivity contribution in [3.05, 3.63) is 41.8 Å². The number of rotatable bonds is 4. The molecule has 0 spiro atoms. The number of nitrogens with zero attached hydrogens (tertiary/aromatic N) is 2. The third kappa shape index (κ3) is 2.86. The molecule has 106 valence electrons. The van der Waals surface area contributed by atoms with E-state index in [2.05, 4.69) is 10.1 Å². The van der Waals surface area contributed by atoms with Crippen LogP contribution < -0.4 is 5.73 Å². The fourth-order valence-electron chi connectivity index (χ4n) is 2.48. The van der Waals surface area contributed by atoms with Crippen LogP contribution >= 0.6 is 11.8 Å². The highest BCUT2D eigenvalue weighted by molar-refractivity contribution is 7.98. The van der Waals surface area contributed by atoms with Crippen LogP contribution in [0.25, 0.3) is 0 Å². The van der Waals surface area contributed by atoms with Crippen LogP contribution in [0, 0.1) is 5.82 Å². The molecule has 2 atom stereocenters. The lowest BCUT2D eigenvalue weighted by Crippen LogP contribution is -2.22. The molecule has 2 N–H and O–H groups in total. The number of halogens is 1. The molecule has 2 unspecified atom stereocenters. The van der Waals surface area contributed by atoms with Crippen molar-refractivity contribution in [2.45, 2.75) is 41.9 Å². The van der Waals surface area contributed by atoms with Crippen LogP contribution in [0.1, 0.15) is 36.9 Å². The maximum atomic E-state index is 13.5. The van der Waals surface area contributed by atoms with Crippen molar-refractivity contribution < 1.29 is 8.91 Å². The lowest BCUT2D eigenvalue weighted by molar-refractivity contribution is 0.342. The summed E-state index contributed by atoms with van der Waals surface area (Å²) in [5, 5.41) is 3.96. The Hall–Kier alpha value is -1.40. The molecule has 1 heterocycles. The van der Waals surface area contributed by atoms with Gasteiger partial charge >= 0.3 is 0 Å². The number of thioether (sulfide) groups is 1. The van der Waals surface area contributed by atoms with Gasteiger partial charge < -0.3 is 10.3 Å². The van der Waals surface area contributed by atoms with E-state index in [1.807, 2.05) is 6.07 Å². The van der Waals surface area contributed by atoms with Gasteiger partial charge in [-0.05, 0) is 25.0 Å². The first kappa shape index (κ1) is 13.6. The Balaban J connectivity index is 1.64. The predicted molar refractivity (Wildman–Crippen MR) is 74.8 cm³/mol. The Morgan fingerprint density at radius 3 is 2.95 bits per heavy atom. The van der Waals surface area contributed by atoms with Crippen molar-refractivity contribution in [2.75, 3.05) is 0 Å². The molecule has 0 amide bonds. The Bertz CT molecular complexity index is 589. The maximum absolute atomic E-state index is 13.5. The molecule has 1 aromatic heterocycles. The van der Waals surface area contributed by atoms with Crippen molar-refractivity contribution in [3.63, 3.8) is 0 Å². The van der Waals surface area contributed by atoms with Gasteiger partial charge in [0.2, 0.25) is 5.89 Å². The molecule has 1 fully saturated rings. The lowest BCUT2D eigenvalue weighted by Gasteiger charge is -2.08. The Morgan fingerprint density at radius 1 is 1.35 bits per heavy atom. The highest BCUT2D eigenvalue weighted by Crippen LogP contribution is 2.33. The summed E-state index contributed by atoms with van der Waals surface area (Å²) in [6.45, 7) is 0. The van der Waals surface area contributed by atoms with Crippen molar-refractivity contribution in [2.24, 2.45) is 5.73 Å². The van der Waals surface area contributed by atoms with Gasteiger partial charge in [-0.25, -0.2) is 4.39 Å². The van der Waals surface area contributed by atoms with Crippen LogP contribution in [-0.2, 0) is 5.75 Å². The van der Waals surface area contributed by atoms with E-state index >= 15 is 0 Å². The summed E-state index contributed by atoms with van der Waals surface area (Å²) < 4.78 is 18.8. The molecule has 2 aromatic rings. The fraction of sp³-hybridized carbons (Fsp3) is 0.429. The molecule has 0 aliphatic heterocycles. The minimum Gasteiger partial charge on any atom is -0.339 e. The summed E-state index contributed by atoms with van der Waals surface area (Å²) in [5.41, 5.74) is 6.02. The van der Waals surface area contributed by atoms with Gasteiger partial charge in [-0.2, -0.15) is 4.98 Å². The lowest BCUT2D eigenvalue weighted by atomic mass is 10.1. The molecule has 4 nitrogen and oxygen atoms in total. The molecule has 1 aromatic carbocycles. The summed E-state index contributed by atoms with van der Waals surface area (Å²) in [5.74, 6) is 1.66. The van der Waals surface area contributed by atoms with Crippen LogP contribution in [-0.4, -0.2) is 16.2 Å². The molecule has 0 bridgehead atoms. The summed E-state index contributed by atoms with van der Waals surface area (Å²) in [7, 11) is 0. The third-order valence-corrected chi connectivity index (χ3v) is 4.61. The van der Waals surface area contributed by atoms with Gasteiger partial charge in [-0.3, -0.25) is 0 Å². The first-order valence-electron chi connectivity index (χ1n) is 6.69. The zero-order valence-corrected chi connectivity index (χ0v) is 11.8. The van der Waals surface area contributed by atoms with Gasteiger partial charge in [0, 0.05) is 10.9 Å². The Morgan fingerprint density at radius 2 is 2.20 bits per heavy atom. The number of hydrogen-bond acceptors (Lipinski definition) is 5. The molecule has 3 rings (SSSR count). The summed E-state index contributed by atoms with van der Waals surface area (Å²) in [4.78, 5) is 4.98. The zero-order valence-electron chi connectivity index (χ0n) is 11.0. The standard InChI is InChI=1S/C14H16FN3OS/c15-10-5-1-2-7-12(10)20-8-13-17-14(19-18-13)9-4-3-6-11(9)16/h1-2,5,7,9,11H,3-4,6,8,16H2. The smallest absolute Gasteiger partial charge is 0.231 e. The van der Waals surface area contributed by atoms with Crippen LogP contribution in [0.2, 0.25) is 0 Å². The van der Waals surface area contributed by atoms with Gasteiger partial charge in [0.1, 0.15) is 5.82 Å². The van der Waals surface area contributed by atoms with Gasteiger partial charge in [-0.15, -0.1) is 11.8 Å². The van der Waals surface area contributed by atoms with E-state index in [-0.39, 0.29) is 17.8 Å². The average molecular weight is 293 g/mol. The van der Waals surface area contributed by atoms with Crippen LogP contribution in [0.3, 0.4) is 0 Å². The highest BCUT2D eigenvalue weighted by Gasteiger charge is 2.30. The largest absolute Gasteiger partial charge is 0.339 e. The second-order valence-electron chi connectivity index (χ2n) is 4.97. The number of aromatic nitrogens is 2. The molecule has 1 aliphatic carbocycles. The second-order valence-corrected chi connectivity index (χ2v) is 5.99. The van der Waals surface area contributed by atoms with E-state index in [1.165, 1.54) is 17.8 Å². The predicted octanol–water partition coefficient (Wildman–Crippen LogP) is 3.10. The topological polar surface area (TPSA) is 64.9 Å². The van der Waals surface area contributed by atoms with E-state index in [0.717, 1.165) is 19.3 Å². The monoisotopic (exact) mass is 293 g/mol. The molecule has 1 saturated carbocycles. The molecular formula is C14H16FN3OS. The molecule has 1 aliphatic rings. The van der Waals surface area contributed by atoms with E-state index in [1.54, 1.807) is 12.1 Å². The average Bonchev–Trinajstić information content (AvgIpc) is 3.06. The van der Waals surface area contributed by atoms with Crippen LogP contribution in [0.15, 0.2) is 33.7 Å². The summed E-state index contributed by atoms with van der Waals surface area (Å²) in [6, 6.07) is 6.79. The summed E-state index contributed by atoms with van der Waals surface area (Å²) >= 11 is 1.37. The minimum absolute atomic E-state index is 0.113. The first-order valence-corrected chi connectivity index (χ1v) is 7.68. The summed E-state index contributed by atoms with van der Waals surface area (Å²) in [6.07, 6.45) is 3.11. The van der Waals surface area contributed by atoms with Crippen molar-refractivity contribution in [3.8, 4) is 0 Å². The van der Waals surface area contributed by atoms with E-state index in [0.29, 0.717) is 22.4 Å². The van der Waals surface area contributed by atoms with Crippen molar-refractivity contribution in [1.29, 1.82) is 0 Å². The van der Waals surface area contributed by atoms with E-state index < -0.39 is 0 Å². The number of benzene rings is 1. The number of nitrogens with two attached hydrogens (primary N) is 1. The van der Waals surface area contributed by atoms with Crippen LogP contribution in [0.5, 0.6) is 0 Å². The van der Waals surface area contributed by atoms with Gasteiger partial charge in [0.05, 0.1) is 11.7 Å². The highest BCUT2D eigenvalue weighted by atomic mass is 32.2. The molecule has 20 heavy (non-hydrogen) atoms. The second kappa shape index (κ2) is 5.93. The first-order chi connectivity index (χ1) is 9.74. The Kier molecular flexibility index (Phi) is 4.03. The van der Waals surface area contributed by atoms with Gasteiger partial charge in [0.15, 0.2) is 5.82 Å². The quantitative estimate of drug-likeness (QED) is 0.877. The maximum Gasteiger partial charge on any atom is 0.231 e. The normalized spacial score (nSPS) is 22.3. The van der Waals surface area contributed by atoms with E-state index in [9.17, 15) is 4.39 Å². The third-order valence-electron chi connectivity index (χ3n) is 3.56. The van der Waals surface area contributed by atoms with Crippen LogP contribution in [0.4, 0.5) is 4.39 Å². The molecule has 6 heteroatoms. The van der Waals surface area contributed by atoms with Gasteiger partial charge in [0.25, 0.3) is 0 Å². The van der Waals surface area contributed by atoms with Gasteiger partial charge in [-0.1, -0.05) is 23.7 Å². The van der Waals surface area contributed by atoms with Crippen molar-refractivity contribution >= 4 is 11.8 Å². The Labute approximate surface area is 120 Å². The zero-order chi connectivity index (χ0) is 13.9. The SMILES string of the molecule is NC1CCCC1c1nc(CSc2ccccc2F)no1. The number of hydrogen-bond donors (Lipinski definition) is 1. The molecule has 0 radical (unpaired) electrons. The van der Waals surface area contributed by atoms with Crippen molar-refractivity contribution in [1.82, 2.24) is 10.1 Å². The van der Waals surface area contributed by atoms with E-state index in [4.69, 9.17) is 10.3 Å². The minimum atomic E-state index is -0.223. The molecule has 0 saturated heterocycles. The fourth-order valence-corrected chi connectivity index (χ4v) is 3.26.